The van der Waals surface area contributed by atoms with Gasteiger partial charge in [0.25, 0.3) is 5.91 Å². The van der Waals surface area contributed by atoms with Crippen LogP contribution in [-0.4, -0.2) is 49.5 Å². The van der Waals surface area contributed by atoms with Crippen molar-refractivity contribution >= 4 is 11.6 Å². The number of allylic oxidation sites excluding steroid dienone is 5. The summed E-state index contributed by atoms with van der Waals surface area (Å²) in [6, 6.07) is 6.60. The van der Waals surface area contributed by atoms with Gasteiger partial charge in [-0.15, -0.1) is 0 Å². The van der Waals surface area contributed by atoms with Crippen molar-refractivity contribution in [3.8, 4) is 0 Å². The minimum absolute atomic E-state index is 0.0789. The molecule has 6 nitrogen and oxygen atoms in total. The Hall–Kier alpha value is -2.57. The van der Waals surface area contributed by atoms with E-state index in [1.165, 1.54) is 18.5 Å². The fourth-order valence-corrected chi connectivity index (χ4v) is 5.35. The van der Waals surface area contributed by atoms with E-state index in [1.807, 2.05) is 19.1 Å². The van der Waals surface area contributed by atoms with Crippen LogP contribution in [-0.2, 0) is 6.42 Å². The molecule has 4 rings (SSSR count). The van der Waals surface area contributed by atoms with Crippen LogP contribution in [0.3, 0.4) is 0 Å². The van der Waals surface area contributed by atoms with Crippen LogP contribution >= 0.6 is 0 Å². The number of nitrogens with zero attached hydrogens (tertiary/aromatic N) is 1. The number of anilines is 1. The highest BCUT2D eigenvalue weighted by atomic mass is 16.3. The van der Waals surface area contributed by atoms with Gasteiger partial charge >= 0.3 is 0 Å². The molecular weight excluding hydrogens is 412 g/mol. The monoisotopic (exact) mass is 450 g/mol. The maximum absolute atomic E-state index is 13.4. The van der Waals surface area contributed by atoms with Crippen LogP contribution in [0.4, 0.5) is 5.69 Å². The van der Waals surface area contributed by atoms with Gasteiger partial charge in [0.05, 0.1) is 0 Å². The van der Waals surface area contributed by atoms with Gasteiger partial charge in [-0.1, -0.05) is 18.2 Å². The van der Waals surface area contributed by atoms with E-state index >= 15 is 0 Å². The van der Waals surface area contributed by atoms with Crippen LogP contribution in [0.2, 0.25) is 0 Å². The Bertz CT molecular complexity index is 941. The van der Waals surface area contributed by atoms with Crippen LogP contribution < -0.4 is 20.9 Å². The normalized spacial score (nSPS) is 25.2. The highest BCUT2D eigenvalue weighted by Crippen LogP contribution is 2.30. The van der Waals surface area contributed by atoms with Gasteiger partial charge in [0.15, 0.2) is 0 Å². The van der Waals surface area contributed by atoms with E-state index in [0.29, 0.717) is 12.6 Å². The first-order chi connectivity index (χ1) is 16.1. The van der Waals surface area contributed by atoms with Crippen molar-refractivity contribution in [3.05, 3.63) is 64.4 Å². The van der Waals surface area contributed by atoms with E-state index in [0.717, 1.165) is 73.3 Å². The topological polar surface area (TPSA) is 76.6 Å². The Kier molecular flexibility index (Phi) is 7.89. The maximum atomic E-state index is 13.4. The second-order valence-corrected chi connectivity index (χ2v) is 9.25. The third kappa shape index (κ3) is 5.50. The number of carbonyl (C=O) groups excluding carboxylic acids is 1. The SMILES string of the molecule is CCN(c1cccc2c1C/C=C/CCC1=C(CNC2=O)C(O)NC(C)=C1)C1CCCNCC1. The first-order valence-corrected chi connectivity index (χ1v) is 12.5. The highest BCUT2D eigenvalue weighted by molar-refractivity contribution is 5.97. The third-order valence-corrected chi connectivity index (χ3v) is 7.04. The standard InChI is InChI=1S/C27H38N4O2/c1-3-31(21-10-8-15-28-16-14-21)25-13-7-12-23-22(25)11-6-4-5-9-20-17-19(2)30-27(33)24(20)18-29-26(23)32/h4,6-7,12-13,17,21,27-28,30,33H,3,5,8-11,14-16,18H2,1-2H3,(H,29,32)/b6-4+. The summed E-state index contributed by atoms with van der Waals surface area (Å²) in [5.74, 6) is -0.0789. The summed E-state index contributed by atoms with van der Waals surface area (Å²) in [6.07, 6.45) is 11.7. The first-order valence-electron chi connectivity index (χ1n) is 12.5. The zero-order chi connectivity index (χ0) is 23.2. The summed E-state index contributed by atoms with van der Waals surface area (Å²) in [5.41, 5.74) is 5.91. The van der Waals surface area contributed by atoms with E-state index in [1.54, 1.807) is 0 Å². The molecule has 2 atom stereocenters. The molecule has 4 N–H and O–H groups in total. The Morgan fingerprint density at radius 3 is 2.91 bits per heavy atom. The number of aliphatic hydroxyl groups is 1. The fourth-order valence-electron chi connectivity index (χ4n) is 5.35. The smallest absolute Gasteiger partial charge is 0.251 e. The minimum Gasteiger partial charge on any atom is -0.370 e. The average molecular weight is 451 g/mol. The van der Waals surface area contributed by atoms with E-state index in [2.05, 4.69) is 52.1 Å². The maximum Gasteiger partial charge on any atom is 0.251 e. The van der Waals surface area contributed by atoms with Crippen molar-refractivity contribution in [2.75, 3.05) is 31.1 Å². The molecule has 0 spiro atoms. The van der Waals surface area contributed by atoms with Gasteiger partial charge in [-0.05, 0) is 94.8 Å². The van der Waals surface area contributed by atoms with Crippen molar-refractivity contribution in [1.82, 2.24) is 16.0 Å². The number of dihydropyridines is 1. The molecule has 1 fully saturated rings. The number of hydrogen-bond donors (Lipinski definition) is 4. The second-order valence-electron chi connectivity index (χ2n) is 9.25. The Labute approximate surface area is 197 Å². The number of aliphatic hydroxyl groups excluding tert-OH is 1. The van der Waals surface area contributed by atoms with Crippen LogP contribution in [0.25, 0.3) is 0 Å². The summed E-state index contributed by atoms with van der Waals surface area (Å²) in [6.45, 7) is 7.55. The van der Waals surface area contributed by atoms with E-state index in [4.69, 9.17) is 0 Å². The first kappa shape index (κ1) is 23.6. The predicted molar refractivity (Wildman–Crippen MR) is 134 cm³/mol. The Morgan fingerprint density at radius 1 is 1.18 bits per heavy atom. The minimum atomic E-state index is -0.762. The van der Waals surface area contributed by atoms with E-state index < -0.39 is 6.23 Å². The number of nitrogens with one attached hydrogen (secondary N) is 3. The molecule has 6 heteroatoms. The number of carbonyl (C=O) groups is 1. The zero-order valence-electron chi connectivity index (χ0n) is 20.0. The molecule has 0 aliphatic carbocycles. The van der Waals surface area contributed by atoms with E-state index in [9.17, 15) is 9.90 Å². The molecule has 1 aromatic rings. The molecule has 3 aliphatic heterocycles. The fraction of sp³-hybridized carbons (Fsp3) is 0.519. The quantitative estimate of drug-likeness (QED) is 0.531. The van der Waals surface area contributed by atoms with Crippen molar-refractivity contribution in [2.45, 2.75) is 64.6 Å². The van der Waals surface area contributed by atoms with Gasteiger partial charge in [-0.2, -0.15) is 0 Å². The highest BCUT2D eigenvalue weighted by Gasteiger charge is 2.25. The van der Waals surface area contributed by atoms with Crippen LogP contribution in [0.15, 0.2) is 53.3 Å². The summed E-state index contributed by atoms with van der Waals surface area (Å²) < 4.78 is 0. The summed E-state index contributed by atoms with van der Waals surface area (Å²) in [7, 11) is 0. The molecule has 3 heterocycles. The Morgan fingerprint density at radius 2 is 2.06 bits per heavy atom. The van der Waals surface area contributed by atoms with Crippen molar-refractivity contribution in [3.63, 3.8) is 0 Å². The lowest BCUT2D eigenvalue weighted by Gasteiger charge is -2.34. The van der Waals surface area contributed by atoms with Gasteiger partial charge < -0.3 is 26.0 Å². The number of amides is 1. The third-order valence-electron chi connectivity index (χ3n) is 7.04. The molecule has 0 saturated carbocycles. The van der Waals surface area contributed by atoms with Crippen molar-refractivity contribution in [1.29, 1.82) is 0 Å². The predicted octanol–water partition coefficient (Wildman–Crippen LogP) is 3.40. The number of fused-ring (bicyclic) bond motifs is 1. The molecule has 0 radical (unpaired) electrons. The molecule has 0 bridgehead atoms. The summed E-state index contributed by atoms with van der Waals surface area (Å²) >= 11 is 0. The number of hydrogen-bond acceptors (Lipinski definition) is 5. The van der Waals surface area contributed by atoms with Crippen molar-refractivity contribution < 1.29 is 9.90 Å². The van der Waals surface area contributed by atoms with Gasteiger partial charge in [0.2, 0.25) is 0 Å². The molecule has 1 amide bonds. The van der Waals surface area contributed by atoms with E-state index in [-0.39, 0.29) is 5.91 Å². The average Bonchev–Trinajstić information content (AvgIpc) is 3.08. The summed E-state index contributed by atoms with van der Waals surface area (Å²) in [4.78, 5) is 15.9. The van der Waals surface area contributed by atoms with Crippen LogP contribution in [0.1, 0.15) is 61.9 Å². The molecule has 3 aliphatic rings. The molecule has 33 heavy (non-hydrogen) atoms. The van der Waals surface area contributed by atoms with Gasteiger partial charge in [0.1, 0.15) is 6.23 Å². The number of rotatable bonds is 3. The van der Waals surface area contributed by atoms with Gasteiger partial charge in [-0.25, -0.2) is 0 Å². The molecule has 0 aromatic heterocycles. The zero-order valence-corrected chi connectivity index (χ0v) is 20.0. The molecular formula is C27H38N4O2. The van der Waals surface area contributed by atoms with Gasteiger partial charge in [-0.3, -0.25) is 4.79 Å². The van der Waals surface area contributed by atoms with Crippen LogP contribution in [0, 0.1) is 0 Å². The molecule has 1 aromatic carbocycles. The van der Waals surface area contributed by atoms with Crippen LogP contribution in [0.5, 0.6) is 0 Å². The second kappa shape index (κ2) is 11.0. The lowest BCUT2D eigenvalue weighted by atomic mass is 9.95. The molecule has 1 saturated heterocycles. The largest absolute Gasteiger partial charge is 0.370 e. The lowest BCUT2D eigenvalue weighted by molar-refractivity contribution is 0.0951. The molecule has 2 unspecified atom stereocenters. The van der Waals surface area contributed by atoms with Crippen molar-refractivity contribution in [2.24, 2.45) is 0 Å². The summed E-state index contributed by atoms with van der Waals surface area (Å²) in [5, 5.41) is 20.3. The number of benzene rings is 1. The molecule has 178 valence electrons. The Balaban J connectivity index is 1.67. The lowest BCUT2D eigenvalue weighted by Crippen LogP contribution is -2.39. The van der Waals surface area contributed by atoms with Gasteiger partial charge in [0, 0.05) is 41.7 Å².